The molecule has 30 heavy (non-hydrogen) atoms. The fraction of sp³-hybridized carbons (Fsp3) is 0.440. The highest BCUT2D eigenvalue weighted by Gasteiger charge is 2.57. The van der Waals surface area contributed by atoms with Crippen LogP contribution in [0.5, 0.6) is 0 Å². The van der Waals surface area contributed by atoms with Crippen molar-refractivity contribution in [3.63, 3.8) is 0 Å². The van der Waals surface area contributed by atoms with Crippen LogP contribution in [0.15, 0.2) is 60.7 Å². The molecule has 0 aliphatic carbocycles. The lowest BCUT2D eigenvalue weighted by Gasteiger charge is -2.47. The van der Waals surface area contributed by atoms with Crippen LogP contribution in [0.2, 0.25) is 0 Å². The molecule has 0 radical (unpaired) electrons. The number of likely N-dealkylation sites (tertiary alicyclic amines) is 1. The number of rotatable bonds is 2. The maximum atomic E-state index is 13.1. The molecular weight excluding hydrogens is 378 g/mol. The second kappa shape index (κ2) is 7.78. The van der Waals surface area contributed by atoms with Crippen molar-refractivity contribution < 1.29 is 19.1 Å². The lowest BCUT2D eigenvalue weighted by atomic mass is 9.76. The fourth-order valence-electron chi connectivity index (χ4n) is 4.74. The molecule has 2 aromatic rings. The molecule has 0 N–H and O–H groups in total. The molecule has 0 saturated carbocycles. The van der Waals surface area contributed by atoms with Crippen molar-refractivity contribution in [3.05, 3.63) is 71.8 Å². The lowest BCUT2D eigenvalue weighted by Crippen LogP contribution is -2.53. The molecule has 2 fully saturated rings. The third-order valence-electron chi connectivity index (χ3n) is 5.89. The minimum Gasteiger partial charge on any atom is -0.456 e. The maximum Gasteiger partial charge on any atom is 0.410 e. The topological polar surface area (TPSA) is 55.8 Å². The van der Waals surface area contributed by atoms with Crippen molar-refractivity contribution in [1.82, 2.24) is 4.90 Å². The van der Waals surface area contributed by atoms with Gasteiger partial charge in [0.15, 0.2) is 0 Å². The number of carbonyl (C=O) groups is 2. The Bertz CT molecular complexity index is 906. The first-order chi connectivity index (χ1) is 14.3. The van der Waals surface area contributed by atoms with Gasteiger partial charge in [-0.15, -0.1) is 0 Å². The first-order valence-corrected chi connectivity index (χ1v) is 10.6. The summed E-state index contributed by atoms with van der Waals surface area (Å²) in [5.74, 6) is -0.538. The van der Waals surface area contributed by atoms with E-state index in [1.807, 2.05) is 81.4 Å². The van der Waals surface area contributed by atoms with Gasteiger partial charge in [0, 0.05) is 13.0 Å². The Labute approximate surface area is 178 Å². The van der Waals surface area contributed by atoms with Crippen LogP contribution in [0.3, 0.4) is 0 Å². The summed E-state index contributed by atoms with van der Waals surface area (Å²) in [6.07, 6.45) is 1.67. The predicted octanol–water partition coefficient (Wildman–Crippen LogP) is 5.23. The Morgan fingerprint density at radius 1 is 1.03 bits per heavy atom. The number of esters is 1. The molecule has 0 unspecified atom stereocenters. The summed E-state index contributed by atoms with van der Waals surface area (Å²) in [4.78, 5) is 27.9. The van der Waals surface area contributed by atoms with Crippen LogP contribution in [0.4, 0.5) is 4.79 Å². The average molecular weight is 408 g/mol. The molecule has 2 saturated heterocycles. The smallest absolute Gasteiger partial charge is 0.410 e. The molecule has 2 aromatic carbocycles. The highest BCUT2D eigenvalue weighted by molar-refractivity contribution is 5.81. The van der Waals surface area contributed by atoms with Crippen molar-refractivity contribution >= 4 is 12.1 Å². The van der Waals surface area contributed by atoms with Gasteiger partial charge in [0.25, 0.3) is 0 Å². The van der Waals surface area contributed by atoms with E-state index < -0.39 is 11.2 Å². The van der Waals surface area contributed by atoms with Gasteiger partial charge in [-0.3, -0.25) is 9.69 Å². The molecule has 2 heterocycles. The van der Waals surface area contributed by atoms with Crippen molar-refractivity contribution in [1.29, 1.82) is 0 Å². The zero-order valence-corrected chi connectivity index (χ0v) is 17.8. The molecule has 158 valence electrons. The van der Waals surface area contributed by atoms with E-state index in [0.29, 0.717) is 13.0 Å². The van der Waals surface area contributed by atoms with Crippen LogP contribution >= 0.6 is 0 Å². The van der Waals surface area contributed by atoms with Crippen LogP contribution in [-0.2, 0) is 14.3 Å². The first-order valence-electron chi connectivity index (χ1n) is 10.6. The van der Waals surface area contributed by atoms with E-state index in [0.717, 1.165) is 24.0 Å². The van der Waals surface area contributed by atoms with Gasteiger partial charge >= 0.3 is 12.1 Å². The van der Waals surface area contributed by atoms with E-state index in [4.69, 9.17) is 9.47 Å². The van der Waals surface area contributed by atoms with Crippen molar-refractivity contribution in [2.75, 3.05) is 6.54 Å². The Morgan fingerprint density at radius 2 is 1.63 bits per heavy atom. The summed E-state index contributed by atoms with van der Waals surface area (Å²) in [6.45, 7) is 6.17. The largest absolute Gasteiger partial charge is 0.456 e. The van der Waals surface area contributed by atoms with Crippen molar-refractivity contribution in [3.8, 4) is 0 Å². The summed E-state index contributed by atoms with van der Waals surface area (Å²) in [5.41, 5.74) is 0.570. The van der Waals surface area contributed by atoms with E-state index in [1.165, 1.54) is 0 Å². The van der Waals surface area contributed by atoms with Gasteiger partial charge in [-0.1, -0.05) is 60.7 Å². The second-order valence-corrected chi connectivity index (χ2v) is 9.24. The Hall–Kier alpha value is -2.82. The Kier molecular flexibility index (Phi) is 5.31. The molecule has 0 aromatic heterocycles. The predicted molar refractivity (Wildman–Crippen MR) is 114 cm³/mol. The monoisotopic (exact) mass is 407 g/mol. The molecule has 5 heteroatoms. The molecule has 2 aliphatic rings. The van der Waals surface area contributed by atoms with Crippen LogP contribution in [0.1, 0.15) is 63.1 Å². The zero-order chi connectivity index (χ0) is 21.4. The van der Waals surface area contributed by atoms with E-state index >= 15 is 0 Å². The summed E-state index contributed by atoms with van der Waals surface area (Å²) < 4.78 is 11.9. The van der Waals surface area contributed by atoms with Crippen LogP contribution in [-0.4, -0.2) is 34.7 Å². The summed E-state index contributed by atoms with van der Waals surface area (Å²) in [6, 6.07) is 19.2. The molecule has 4 rings (SSSR count). The highest BCUT2D eigenvalue weighted by atomic mass is 16.6. The number of benzene rings is 2. The number of nitrogens with zero attached hydrogens (tertiary/aromatic N) is 1. The molecule has 3 atom stereocenters. The molecule has 1 spiro atoms. The number of piperidine rings is 1. The van der Waals surface area contributed by atoms with Gasteiger partial charge < -0.3 is 9.47 Å². The van der Waals surface area contributed by atoms with Gasteiger partial charge in [0.1, 0.15) is 17.2 Å². The lowest BCUT2D eigenvalue weighted by molar-refractivity contribution is -0.159. The first kappa shape index (κ1) is 20.5. The Balaban J connectivity index is 1.72. The minimum atomic E-state index is -0.756. The normalized spacial score (nSPS) is 26.5. The second-order valence-electron chi connectivity index (χ2n) is 9.24. The van der Waals surface area contributed by atoms with Gasteiger partial charge in [-0.05, 0) is 44.7 Å². The summed E-state index contributed by atoms with van der Waals surface area (Å²) >= 11 is 0. The third-order valence-corrected chi connectivity index (χ3v) is 5.89. The number of carbonyl (C=O) groups excluding carboxylic acids is 2. The zero-order valence-electron chi connectivity index (χ0n) is 17.8. The van der Waals surface area contributed by atoms with E-state index in [-0.39, 0.29) is 24.0 Å². The van der Waals surface area contributed by atoms with Gasteiger partial charge in [-0.25, -0.2) is 4.79 Å². The maximum absolute atomic E-state index is 13.1. The van der Waals surface area contributed by atoms with Crippen LogP contribution in [0, 0.1) is 0 Å². The van der Waals surface area contributed by atoms with E-state index in [9.17, 15) is 9.59 Å². The highest BCUT2D eigenvalue weighted by Crippen LogP contribution is 2.52. The quantitative estimate of drug-likeness (QED) is 0.640. The van der Waals surface area contributed by atoms with Gasteiger partial charge in [0.2, 0.25) is 0 Å². The molecule has 0 bridgehead atoms. The standard InChI is InChI=1S/C25H29NO4/c1-24(2,3)30-23(28)26-16-10-15-25(21(26)19-13-8-5-9-14-19)17-20(22(27)29-25)18-11-6-4-7-12-18/h4-9,11-14,20-21H,10,15-17H2,1-3H3/t20-,21-,25+/m1/s1. The van der Waals surface area contributed by atoms with Crippen LogP contribution in [0.25, 0.3) is 0 Å². The number of ether oxygens (including phenoxy) is 2. The molecule has 2 aliphatic heterocycles. The number of amides is 1. The average Bonchev–Trinajstić information content (AvgIpc) is 3.04. The van der Waals surface area contributed by atoms with Gasteiger partial charge in [0.05, 0.1) is 5.92 Å². The Morgan fingerprint density at radius 3 is 2.23 bits per heavy atom. The SMILES string of the molecule is CC(C)(C)OC(=O)N1CCC[C@]2(C[C@H](c3ccccc3)C(=O)O2)[C@H]1c1ccccc1. The number of hydrogen-bond acceptors (Lipinski definition) is 4. The fourth-order valence-corrected chi connectivity index (χ4v) is 4.74. The van der Waals surface area contributed by atoms with Crippen molar-refractivity contribution in [2.24, 2.45) is 0 Å². The van der Waals surface area contributed by atoms with Crippen LogP contribution < -0.4 is 0 Å². The van der Waals surface area contributed by atoms with Crippen molar-refractivity contribution in [2.45, 2.75) is 63.2 Å². The summed E-state index contributed by atoms with van der Waals surface area (Å²) in [5, 5.41) is 0. The third kappa shape index (κ3) is 3.93. The molecular formula is C25H29NO4. The minimum absolute atomic E-state index is 0.215. The molecule has 1 amide bonds. The number of hydrogen-bond donors (Lipinski definition) is 0. The summed E-state index contributed by atoms with van der Waals surface area (Å²) in [7, 11) is 0. The van der Waals surface area contributed by atoms with E-state index in [1.54, 1.807) is 4.90 Å². The van der Waals surface area contributed by atoms with Gasteiger partial charge in [-0.2, -0.15) is 0 Å². The van der Waals surface area contributed by atoms with E-state index in [2.05, 4.69) is 0 Å². The molecule has 5 nitrogen and oxygen atoms in total.